The van der Waals surface area contributed by atoms with Crippen molar-refractivity contribution in [2.75, 3.05) is 23.3 Å². The van der Waals surface area contributed by atoms with Crippen LogP contribution in [0.3, 0.4) is 0 Å². The Balaban J connectivity index is 1.38. The molecule has 8 nitrogen and oxygen atoms in total. The fourth-order valence-electron chi connectivity index (χ4n) is 3.85. The zero-order chi connectivity index (χ0) is 20.3. The van der Waals surface area contributed by atoms with Gasteiger partial charge in [0.05, 0.1) is 24.5 Å². The Morgan fingerprint density at radius 2 is 2.17 bits per heavy atom. The molecule has 0 bridgehead atoms. The highest BCUT2D eigenvalue weighted by atomic mass is 16.1. The normalized spacial score (nSPS) is 18.5. The summed E-state index contributed by atoms with van der Waals surface area (Å²) in [5, 5.41) is 7.58. The second kappa shape index (κ2) is 7.90. The zero-order valence-electron chi connectivity index (χ0n) is 16.3. The summed E-state index contributed by atoms with van der Waals surface area (Å²) in [4.78, 5) is 27.9. The predicted molar refractivity (Wildman–Crippen MR) is 116 cm³/mol. The first-order valence-corrected chi connectivity index (χ1v) is 10.00. The first-order valence-electron chi connectivity index (χ1n) is 10.00. The molecule has 5 rings (SSSR count). The predicted octanol–water partition coefficient (Wildman–Crippen LogP) is 2.97. The van der Waals surface area contributed by atoms with Gasteiger partial charge >= 0.3 is 0 Å². The van der Waals surface area contributed by atoms with Crippen LogP contribution >= 0.6 is 0 Å². The van der Waals surface area contributed by atoms with Crippen molar-refractivity contribution in [2.45, 2.75) is 18.9 Å². The minimum absolute atomic E-state index is 0.213. The van der Waals surface area contributed by atoms with Gasteiger partial charge in [-0.25, -0.2) is 9.50 Å². The number of hydrogen-bond donors (Lipinski definition) is 1. The van der Waals surface area contributed by atoms with Gasteiger partial charge in [0.25, 0.3) is 5.91 Å². The minimum atomic E-state index is -0.213. The number of fused-ring (bicyclic) bond motifs is 1. The van der Waals surface area contributed by atoms with E-state index in [1.165, 1.54) is 0 Å². The molecule has 1 saturated heterocycles. The molecular formula is C22H21N7O. The molecule has 1 N–H and O–H groups in total. The van der Waals surface area contributed by atoms with Crippen LogP contribution in [-0.2, 0) is 4.79 Å². The number of nitrogens with zero attached hydrogens (tertiary/aromatic N) is 6. The molecule has 0 aromatic carbocycles. The van der Waals surface area contributed by atoms with Crippen LogP contribution in [0.25, 0.3) is 5.65 Å². The SMILES string of the molecule is O=C(Nc1cn2nc(N3CCCC3c3ccccn3)ccc2n1)C1=CCN=CC=C1. The molecule has 3 aromatic rings. The van der Waals surface area contributed by atoms with Gasteiger partial charge < -0.3 is 10.2 Å². The van der Waals surface area contributed by atoms with Gasteiger partial charge in [0, 0.05) is 24.5 Å². The Bertz CT molecular complexity index is 1160. The van der Waals surface area contributed by atoms with Crippen LogP contribution in [0.1, 0.15) is 24.6 Å². The lowest BCUT2D eigenvalue weighted by atomic mass is 10.1. The lowest BCUT2D eigenvalue weighted by Gasteiger charge is -2.25. The monoisotopic (exact) mass is 399 g/mol. The molecule has 8 heteroatoms. The van der Waals surface area contributed by atoms with E-state index in [2.05, 4.69) is 31.2 Å². The van der Waals surface area contributed by atoms with Gasteiger partial charge in [-0.05, 0) is 49.3 Å². The van der Waals surface area contributed by atoms with E-state index in [0.717, 1.165) is 30.9 Å². The summed E-state index contributed by atoms with van der Waals surface area (Å²) in [5.74, 6) is 1.12. The third-order valence-corrected chi connectivity index (χ3v) is 5.27. The van der Waals surface area contributed by atoms with Crippen LogP contribution in [0.2, 0.25) is 0 Å². The number of amides is 1. The quantitative estimate of drug-likeness (QED) is 0.729. The van der Waals surface area contributed by atoms with Crippen LogP contribution < -0.4 is 10.2 Å². The van der Waals surface area contributed by atoms with Crippen LogP contribution in [0.5, 0.6) is 0 Å². The van der Waals surface area contributed by atoms with Gasteiger partial charge in [-0.15, -0.1) is 5.10 Å². The lowest BCUT2D eigenvalue weighted by molar-refractivity contribution is -0.112. The molecule has 30 heavy (non-hydrogen) atoms. The van der Waals surface area contributed by atoms with E-state index in [0.29, 0.717) is 23.6 Å². The number of hydrogen-bond acceptors (Lipinski definition) is 6. The van der Waals surface area contributed by atoms with E-state index in [1.54, 1.807) is 35.2 Å². The van der Waals surface area contributed by atoms with Crippen molar-refractivity contribution in [3.05, 3.63) is 72.2 Å². The average molecular weight is 399 g/mol. The molecule has 3 aromatic heterocycles. The summed E-state index contributed by atoms with van der Waals surface area (Å²) in [6.45, 7) is 1.42. The Kier molecular flexibility index (Phi) is 4.80. The number of pyridine rings is 1. The molecule has 0 spiro atoms. The highest BCUT2D eigenvalue weighted by molar-refractivity contribution is 6.06. The van der Waals surface area contributed by atoms with Crippen LogP contribution in [0.15, 0.2) is 71.5 Å². The van der Waals surface area contributed by atoms with Crippen molar-refractivity contribution in [1.29, 1.82) is 0 Å². The number of imidazole rings is 1. The van der Waals surface area contributed by atoms with E-state index in [-0.39, 0.29) is 11.9 Å². The van der Waals surface area contributed by atoms with E-state index in [9.17, 15) is 4.79 Å². The van der Waals surface area contributed by atoms with Gasteiger partial charge in [-0.3, -0.25) is 14.8 Å². The lowest BCUT2D eigenvalue weighted by Crippen LogP contribution is -2.24. The second-order valence-electron chi connectivity index (χ2n) is 7.21. The third-order valence-electron chi connectivity index (χ3n) is 5.27. The Labute approximate surface area is 173 Å². The zero-order valence-corrected chi connectivity index (χ0v) is 16.3. The van der Waals surface area contributed by atoms with Crippen molar-refractivity contribution >= 4 is 29.4 Å². The molecule has 0 saturated carbocycles. The number of aliphatic imine (C=N–C) groups is 1. The standard InChI is InChI=1S/C22H21N7O/c30-22(16-5-3-11-23-13-10-16)26-19-15-29-20(25-19)8-9-21(27-29)28-14-4-7-18(28)17-6-1-2-12-24-17/h1-3,5-6,8-12,15,18H,4,7,13-14H2,(H,26,30). The molecule has 0 aliphatic carbocycles. The fraction of sp³-hybridized carbons (Fsp3) is 0.227. The highest BCUT2D eigenvalue weighted by Crippen LogP contribution is 2.34. The molecule has 2 aliphatic heterocycles. The maximum atomic E-state index is 12.5. The highest BCUT2D eigenvalue weighted by Gasteiger charge is 2.28. The maximum absolute atomic E-state index is 12.5. The van der Waals surface area contributed by atoms with Crippen molar-refractivity contribution in [3.63, 3.8) is 0 Å². The number of allylic oxidation sites excluding steroid dienone is 1. The first-order chi connectivity index (χ1) is 14.8. The van der Waals surface area contributed by atoms with E-state index < -0.39 is 0 Å². The number of carbonyl (C=O) groups excluding carboxylic acids is 1. The number of rotatable bonds is 4. The topological polar surface area (TPSA) is 87.8 Å². The fourth-order valence-corrected chi connectivity index (χ4v) is 3.85. The van der Waals surface area contributed by atoms with E-state index in [1.807, 2.05) is 30.5 Å². The molecule has 150 valence electrons. The summed E-state index contributed by atoms with van der Waals surface area (Å²) in [6.07, 6.45) is 12.7. The molecule has 1 unspecified atom stereocenters. The molecule has 5 heterocycles. The average Bonchev–Trinajstić information content (AvgIpc) is 3.32. The molecule has 1 amide bonds. The maximum Gasteiger partial charge on any atom is 0.256 e. The second-order valence-corrected chi connectivity index (χ2v) is 7.21. The van der Waals surface area contributed by atoms with Crippen molar-refractivity contribution in [3.8, 4) is 0 Å². The van der Waals surface area contributed by atoms with Crippen LogP contribution in [-0.4, -0.2) is 44.8 Å². The van der Waals surface area contributed by atoms with Gasteiger partial charge in [-0.2, -0.15) is 0 Å². The summed E-state index contributed by atoms with van der Waals surface area (Å²) in [7, 11) is 0. The summed E-state index contributed by atoms with van der Waals surface area (Å²) in [6, 6.07) is 10.1. The van der Waals surface area contributed by atoms with Gasteiger partial charge in [0.15, 0.2) is 11.5 Å². The van der Waals surface area contributed by atoms with Gasteiger partial charge in [0.1, 0.15) is 5.82 Å². The Morgan fingerprint density at radius 3 is 3.07 bits per heavy atom. The molecule has 0 radical (unpaired) electrons. The van der Waals surface area contributed by atoms with Crippen molar-refractivity contribution in [1.82, 2.24) is 19.6 Å². The van der Waals surface area contributed by atoms with E-state index in [4.69, 9.17) is 5.10 Å². The van der Waals surface area contributed by atoms with Gasteiger partial charge in [0.2, 0.25) is 0 Å². The molecular weight excluding hydrogens is 378 g/mol. The van der Waals surface area contributed by atoms with E-state index >= 15 is 0 Å². The van der Waals surface area contributed by atoms with Crippen molar-refractivity contribution < 1.29 is 4.79 Å². The number of nitrogens with one attached hydrogen (secondary N) is 1. The van der Waals surface area contributed by atoms with Crippen LogP contribution in [0.4, 0.5) is 11.6 Å². The van der Waals surface area contributed by atoms with Crippen LogP contribution in [0, 0.1) is 0 Å². The minimum Gasteiger partial charge on any atom is -0.347 e. The molecule has 2 aliphatic rings. The Morgan fingerprint density at radius 1 is 1.20 bits per heavy atom. The summed E-state index contributed by atoms with van der Waals surface area (Å²) in [5.41, 5.74) is 2.30. The van der Waals surface area contributed by atoms with Crippen molar-refractivity contribution in [2.24, 2.45) is 4.99 Å². The number of carbonyl (C=O) groups is 1. The summed E-state index contributed by atoms with van der Waals surface area (Å²) >= 11 is 0. The molecule has 1 fully saturated rings. The third kappa shape index (κ3) is 3.59. The molecule has 1 atom stereocenters. The number of anilines is 2. The number of aromatic nitrogens is 4. The summed E-state index contributed by atoms with van der Waals surface area (Å²) < 4.78 is 1.71. The first kappa shape index (κ1) is 18.2. The smallest absolute Gasteiger partial charge is 0.256 e. The Hall–Kier alpha value is -3.81. The largest absolute Gasteiger partial charge is 0.347 e. The van der Waals surface area contributed by atoms with Gasteiger partial charge in [-0.1, -0.05) is 12.1 Å².